The quantitative estimate of drug-likeness (QED) is 0.661. The summed E-state index contributed by atoms with van der Waals surface area (Å²) in [4.78, 5) is 2.29. The van der Waals surface area contributed by atoms with Crippen LogP contribution in [0.4, 0.5) is 10.1 Å². The van der Waals surface area contributed by atoms with Crippen molar-refractivity contribution in [3.05, 3.63) is 37.0 Å². The third kappa shape index (κ3) is 2.06. The largest absolute Gasteiger partial charge is 0.372 e. The lowest BCUT2D eigenvalue weighted by molar-refractivity contribution is 0.475. The predicted molar refractivity (Wildman–Crippen MR) is 56.7 cm³/mol. The molecule has 1 aliphatic heterocycles. The van der Waals surface area contributed by atoms with E-state index in [0.29, 0.717) is 5.92 Å². The highest BCUT2D eigenvalue weighted by Crippen LogP contribution is 2.22. The molecule has 0 aromatic heterocycles. The molecule has 0 unspecified atom stereocenters. The minimum absolute atomic E-state index is 0.166. The van der Waals surface area contributed by atoms with E-state index in [4.69, 9.17) is 0 Å². The summed E-state index contributed by atoms with van der Waals surface area (Å²) in [7, 11) is 0. The predicted octanol–water partition coefficient (Wildman–Crippen LogP) is 2.88. The van der Waals surface area contributed by atoms with Crippen LogP contribution in [0.1, 0.15) is 12.8 Å². The summed E-state index contributed by atoms with van der Waals surface area (Å²) in [5.74, 6) is 0.424. The van der Waals surface area contributed by atoms with Crippen molar-refractivity contribution in [2.45, 2.75) is 12.8 Å². The molecule has 1 nitrogen and oxygen atoms in total. The van der Waals surface area contributed by atoms with Gasteiger partial charge in [-0.25, -0.2) is 4.39 Å². The number of hydrogen-bond donors (Lipinski definition) is 0. The van der Waals surface area contributed by atoms with Crippen LogP contribution in [-0.4, -0.2) is 13.1 Å². The van der Waals surface area contributed by atoms with Crippen molar-refractivity contribution in [3.63, 3.8) is 0 Å². The highest BCUT2D eigenvalue weighted by Gasteiger charge is 2.15. The fraction of sp³-hybridized carbons (Fsp3) is 0.417. The van der Waals surface area contributed by atoms with E-state index < -0.39 is 0 Å². The molecule has 0 N–H and O–H groups in total. The van der Waals surface area contributed by atoms with E-state index in [1.165, 1.54) is 12.1 Å². The number of halogens is 1. The molecule has 0 spiro atoms. The van der Waals surface area contributed by atoms with E-state index in [0.717, 1.165) is 31.6 Å². The Morgan fingerprint density at radius 2 is 1.71 bits per heavy atom. The Hall–Kier alpha value is -1.05. The van der Waals surface area contributed by atoms with Crippen molar-refractivity contribution >= 4 is 5.69 Å². The first-order valence-electron chi connectivity index (χ1n) is 5.09. The normalized spacial score (nSPS) is 18.6. The van der Waals surface area contributed by atoms with Gasteiger partial charge in [-0.2, -0.15) is 0 Å². The Morgan fingerprint density at radius 3 is 2.29 bits per heavy atom. The van der Waals surface area contributed by atoms with Crippen molar-refractivity contribution in [1.82, 2.24) is 0 Å². The van der Waals surface area contributed by atoms with Gasteiger partial charge in [0, 0.05) is 18.8 Å². The van der Waals surface area contributed by atoms with E-state index >= 15 is 0 Å². The highest BCUT2D eigenvalue weighted by atomic mass is 19.1. The maximum atomic E-state index is 12.7. The molecule has 1 heterocycles. The summed E-state index contributed by atoms with van der Waals surface area (Å²) in [5.41, 5.74) is 1.12. The van der Waals surface area contributed by atoms with Crippen molar-refractivity contribution in [3.8, 4) is 0 Å². The zero-order valence-electron chi connectivity index (χ0n) is 8.25. The van der Waals surface area contributed by atoms with Gasteiger partial charge in [0.25, 0.3) is 0 Å². The smallest absolute Gasteiger partial charge is 0.123 e. The molecular weight excluding hydrogens is 177 g/mol. The summed E-state index contributed by atoms with van der Waals surface area (Å²) in [6.45, 7) is 6.14. The van der Waals surface area contributed by atoms with Gasteiger partial charge in [0.2, 0.25) is 0 Å². The molecule has 75 valence electrons. The van der Waals surface area contributed by atoms with Crippen LogP contribution in [0.3, 0.4) is 0 Å². The molecule has 1 saturated heterocycles. The second-order valence-corrected chi connectivity index (χ2v) is 3.91. The minimum atomic E-state index is -0.166. The van der Waals surface area contributed by atoms with E-state index in [2.05, 4.69) is 11.8 Å². The van der Waals surface area contributed by atoms with Crippen LogP contribution >= 0.6 is 0 Å². The standard InChI is InChI=1S/C12H15FN/c1-10-6-8-14(9-7-10)12-4-2-11(13)3-5-12/h2-5,10H,1,6-9H2. The minimum Gasteiger partial charge on any atom is -0.372 e. The molecule has 1 aliphatic rings. The Bertz CT molecular complexity index is 286. The average Bonchev–Trinajstić information content (AvgIpc) is 2.21. The average molecular weight is 192 g/mol. The molecule has 2 heteroatoms. The molecule has 1 aromatic carbocycles. The lowest BCUT2D eigenvalue weighted by Gasteiger charge is -2.32. The van der Waals surface area contributed by atoms with Crippen LogP contribution in [0.25, 0.3) is 0 Å². The van der Waals surface area contributed by atoms with Crippen LogP contribution in [0.15, 0.2) is 24.3 Å². The van der Waals surface area contributed by atoms with Crippen LogP contribution in [0.2, 0.25) is 0 Å². The maximum absolute atomic E-state index is 12.7. The Labute approximate surface area is 84.5 Å². The molecule has 0 bridgehead atoms. The molecule has 1 radical (unpaired) electrons. The zero-order chi connectivity index (χ0) is 9.97. The summed E-state index contributed by atoms with van der Waals surface area (Å²) in [6, 6.07) is 6.73. The molecule has 0 saturated carbocycles. The van der Waals surface area contributed by atoms with E-state index in [1.54, 1.807) is 0 Å². The van der Waals surface area contributed by atoms with Gasteiger partial charge < -0.3 is 4.90 Å². The summed E-state index contributed by atoms with van der Waals surface area (Å²) < 4.78 is 12.7. The second kappa shape index (κ2) is 3.99. The van der Waals surface area contributed by atoms with Crippen molar-refractivity contribution in [2.75, 3.05) is 18.0 Å². The van der Waals surface area contributed by atoms with Gasteiger partial charge in [-0.05, 0) is 43.0 Å². The van der Waals surface area contributed by atoms with E-state index in [9.17, 15) is 4.39 Å². The molecule has 0 amide bonds. The van der Waals surface area contributed by atoms with Gasteiger partial charge in [-0.1, -0.05) is 6.92 Å². The fourth-order valence-electron chi connectivity index (χ4n) is 1.84. The third-order valence-electron chi connectivity index (χ3n) is 2.81. The van der Waals surface area contributed by atoms with Crippen LogP contribution in [-0.2, 0) is 0 Å². The third-order valence-corrected chi connectivity index (χ3v) is 2.81. The second-order valence-electron chi connectivity index (χ2n) is 3.91. The number of hydrogen-bond acceptors (Lipinski definition) is 1. The van der Waals surface area contributed by atoms with E-state index in [-0.39, 0.29) is 5.82 Å². The van der Waals surface area contributed by atoms with Gasteiger partial charge in [0.1, 0.15) is 5.82 Å². The Balaban J connectivity index is 2.05. The van der Waals surface area contributed by atoms with E-state index in [1.807, 2.05) is 12.1 Å². The van der Waals surface area contributed by atoms with Crippen molar-refractivity contribution < 1.29 is 4.39 Å². The molecule has 0 atom stereocenters. The Kier molecular flexibility index (Phi) is 2.71. The van der Waals surface area contributed by atoms with Gasteiger partial charge >= 0.3 is 0 Å². The molecule has 14 heavy (non-hydrogen) atoms. The molecular formula is C12H15FN. The number of anilines is 1. The van der Waals surface area contributed by atoms with Crippen LogP contribution in [0, 0.1) is 18.7 Å². The van der Waals surface area contributed by atoms with Crippen LogP contribution in [0.5, 0.6) is 0 Å². The molecule has 0 aliphatic carbocycles. The topological polar surface area (TPSA) is 3.24 Å². The van der Waals surface area contributed by atoms with Gasteiger partial charge in [-0.15, -0.1) is 0 Å². The van der Waals surface area contributed by atoms with Crippen molar-refractivity contribution in [1.29, 1.82) is 0 Å². The van der Waals surface area contributed by atoms with Gasteiger partial charge in [-0.3, -0.25) is 0 Å². The van der Waals surface area contributed by atoms with Crippen molar-refractivity contribution in [2.24, 2.45) is 5.92 Å². The maximum Gasteiger partial charge on any atom is 0.123 e. The lowest BCUT2D eigenvalue weighted by Crippen LogP contribution is -2.32. The lowest BCUT2D eigenvalue weighted by atomic mass is 9.99. The first kappa shape index (κ1) is 9.50. The monoisotopic (exact) mass is 192 g/mol. The molecule has 1 aromatic rings. The van der Waals surface area contributed by atoms with Gasteiger partial charge in [0.05, 0.1) is 0 Å². The van der Waals surface area contributed by atoms with Gasteiger partial charge in [0.15, 0.2) is 0 Å². The summed E-state index contributed by atoms with van der Waals surface area (Å²) >= 11 is 0. The zero-order valence-corrected chi connectivity index (χ0v) is 8.25. The number of rotatable bonds is 1. The fourth-order valence-corrected chi connectivity index (χ4v) is 1.84. The number of benzene rings is 1. The number of piperidine rings is 1. The first-order chi connectivity index (χ1) is 6.75. The molecule has 2 rings (SSSR count). The van der Waals surface area contributed by atoms with Crippen LogP contribution < -0.4 is 4.90 Å². The highest BCUT2D eigenvalue weighted by molar-refractivity contribution is 5.46. The first-order valence-corrected chi connectivity index (χ1v) is 5.09. The summed E-state index contributed by atoms with van der Waals surface area (Å²) in [6.07, 6.45) is 2.27. The SMILES string of the molecule is [CH2]C1CCN(c2ccc(F)cc2)CC1. The summed E-state index contributed by atoms with van der Waals surface area (Å²) in [5, 5.41) is 0. The Morgan fingerprint density at radius 1 is 1.14 bits per heavy atom. The number of nitrogens with zero attached hydrogens (tertiary/aromatic N) is 1. The molecule has 1 fully saturated rings.